The number of rotatable bonds is 5. The number of halogens is 1. The van der Waals surface area contributed by atoms with E-state index in [1.807, 2.05) is 5.43 Å². The third kappa shape index (κ3) is 3.64. The van der Waals surface area contributed by atoms with Crippen molar-refractivity contribution < 1.29 is 18.7 Å². The number of carbonyl (C=O) groups is 2. The van der Waals surface area contributed by atoms with Crippen LogP contribution >= 0.6 is 0 Å². The fourth-order valence-corrected chi connectivity index (χ4v) is 1.84. The van der Waals surface area contributed by atoms with E-state index in [1.54, 1.807) is 24.3 Å². The Hall–Kier alpha value is -2.73. The van der Waals surface area contributed by atoms with E-state index in [1.165, 1.54) is 12.1 Å². The van der Waals surface area contributed by atoms with Crippen molar-refractivity contribution in [3.8, 4) is 5.75 Å². The van der Waals surface area contributed by atoms with E-state index in [-0.39, 0.29) is 17.9 Å². The molecular formula is C15H13FN2O3. The molecule has 0 bridgehead atoms. The van der Waals surface area contributed by atoms with Crippen LogP contribution in [0.2, 0.25) is 0 Å². The van der Waals surface area contributed by atoms with Gasteiger partial charge in [-0.1, -0.05) is 18.2 Å². The summed E-state index contributed by atoms with van der Waals surface area (Å²) in [6, 6.07) is 10.4. The molecule has 3 N–H and O–H groups in total. The standard InChI is InChI=1S/C15H13FN2O3/c16-12-5-10(8-19)6-13(7-12)21-9-11-3-1-2-4-14(11)15(20)18-17/h1-8H,9,17H2,(H,18,20). The van der Waals surface area contributed by atoms with Gasteiger partial charge in [0.1, 0.15) is 24.5 Å². The van der Waals surface area contributed by atoms with Crippen LogP contribution in [0.15, 0.2) is 42.5 Å². The predicted molar refractivity (Wildman–Crippen MR) is 74.2 cm³/mol. The van der Waals surface area contributed by atoms with Crippen molar-refractivity contribution in [1.82, 2.24) is 5.43 Å². The van der Waals surface area contributed by atoms with E-state index in [0.717, 1.165) is 6.07 Å². The molecule has 6 heteroatoms. The molecule has 2 aromatic rings. The van der Waals surface area contributed by atoms with Crippen molar-refractivity contribution in [1.29, 1.82) is 0 Å². The summed E-state index contributed by atoms with van der Waals surface area (Å²) < 4.78 is 18.7. The van der Waals surface area contributed by atoms with Crippen LogP contribution in [0.5, 0.6) is 5.75 Å². The van der Waals surface area contributed by atoms with Gasteiger partial charge in [0.05, 0.1) is 0 Å². The normalized spacial score (nSPS) is 10.0. The molecule has 1 amide bonds. The third-order valence-corrected chi connectivity index (χ3v) is 2.82. The second kappa shape index (κ2) is 6.62. The number of aldehydes is 1. The van der Waals surface area contributed by atoms with Gasteiger partial charge in [0, 0.05) is 22.8 Å². The van der Waals surface area contributed by atoms with Gasteiger partial charge in [0.2, 0.25) is 0 Å². The minimum Gasteiger partial charge on any atom is -0.489 e. The number of nitrogen functional groups attached to an aromatic ring is 1. The minimum absolute atomic E-state index is 0.0470. The highest BCUT2D eigenvalue weighted by Crippen LogP contribution is 2.18. The molecule has 0 spiro atoms. The number of nitrogens with two attached hydrogens (primary N) is 1. The lowest BCUT2D eigenvalue weighted by Crippen LogP contribution is -2.30. The Morgan fingerprint density at radius 3 is 2.76 bits per heavy atom. The molecule has 0 atom stereocenters. The minimum atomic E-state index is -0.567. The first-order valence-electron chi connectivity index (χ1n) is 6.11. The molecular weight excluding hydrogens is 275 g/mol. The quantitative estimate of drug-likeness (QED) is 0.380. The topological polar surface area (TPSA) is 81.4 Å². The predicted octanol–water partition coefficient (Wildman–Crippen LogP) is 1.82. The summed E-state index contributed by atoms with van der Waals surface area (Å²) in [5, 5.41) is 0. The number of benzene rings is 2. The van der Waals surface area contributed by atoms with Gasteiger partial charge in [-0.15, -0.1) is 0 Å². The van der Waals surface area contributed by atoms with E-state index < -0.39 is 11.7 Å². The van der Waals surface area contributed by atoms with E-state index in [0.29, 0.717) is 17.4 Å². The second-order valence-corrected chi connectivity index (χ2v) is 4.26. The number of hydrogen-bond donors (Lipinski definition) is 2. The first kappa shape index (κ1) is 14.7. The SMILES string of the molecule is NNC(=O)c1ccccc1COc1cc(F)cc(C=O)c1. The van der Waals surface area contributed by atoms with Crippen LogP contribution in [-0.4, -0.2) is 12.2 Å². The molecule has 0 saturated carbocycles. The molecule has 0 aliphatic heterocycles. The largest absolute Gasteiger partial charge is 0.489 e. The van der Waals surface area contributed by atoms with Gasteiger partial charge < -0.3 is 4.74 Å². The van der Waals surface area contributed by atoms with E-state index >= 15 is 0 Å². The summed E-state index contributed by atoms with van der Waals surface area (Å²) in [5.41, 5.74) is 3.19. The lowest BCUT2D eigenvalue weighted by molar-refractivity contribution is 0.0951. The Labute approximate surface area is 120 Å². The zero-order chi connectivity index (χ0) is 15.2. The molecule has 0 saturated heterocycles. The molecule has 2 aromatic carbocycles. The first-order chi connectivity index (χ1) is 10.1. The smallest absolute Gasteiger partial charge is 0.265 e. The summed E-state index contributed by atoms with van der Waals surface area (Å²) in [5.74, 6) is 4.31. The fraction of sp³-hybridized carbons (Fsp3) is 0.0667. The van der Waals surface area contributed by atoms with Crippen molar-refractivity contribution in [2.24, 2.45) is 5.84 Å². The van der Waals surface area contributed by atoms with Crippen molar-refractivity contribution in [2.75, 3.05) is 0 Å². The highest BCUT2D eigenvalue weighted by atomic mass is 19.1. The Kier molecular flexibility index (Phi) is 4.63. The fourth-order valence-electron chi connectivity index (χ4n) is 1.84. The lowest BCUT2D eigenvalue weighted by Gasteiger charge is -2.10. The molecule has 108 valence electrons. The van der Waals surface area contributed by atoms with Gasteiger partial charge >= 0.3 is 0 Å². The van der Waals surface area contributed by atoms with Crippen LogP contribution in [-0.2, 0) is 6.61 Å². The summed E-state index contributed by atoms with van der Waals surface area (Å²) in [4.78, 5) is 22.3. The molecule has 2 rings (SSSR count). The summed E-state index contributed by atoms with van der Waals surface area (Å²) in [7, 11) is 0. The molecule has 0 radical (unpaired) electrons. The molecule has 0 aliphatic carbocycles. The average molecular weight is 288 g/mol. The average Bonchev–Trinajstić information content (AvgIpc) is 2.51. The first-order valence-corrected chi connectivity index (χ1v) is 6.11. The zero-order valence-electron chi connectivity index (χ0n) is 11.0. The number of amides is 1. The number of hydrogen-bond acceptors (Lipinski definition) is 4. The van der Waals surface area contributed by atoms with E-state index in [4.69, 9.17) is 10.6 Å². The zero-order valence-corrected chi connectivity index (χ0v) is 11.0. The summed E-state index contributed by atoms with van der Waals surface area (Å²) in [6.45, 7) is 0.0470. The molecule has 0 fully saturated rings. The van der Waals surface area contributed by atoms with Crippen molar-refractivity contribution in [3.63, 3.8) is 0 Å². The maximum absolute atomic E-state index is 13.3. The van der Waals surface area contributed by atoms with Gasteiger partial charge in [-0.05, 0) is 18.2 Å². The van der Waals surface area contributed by atoms with Crippen LogP contribution in [0, 0.1) is 5.82 Å². The Bertz CT molecular complexity index is 674. The Morgan fingerprint density at radius 2 is 2.05 bits per heavy atom. The van der Waals surface area contributed by atoms with E-state index in [2.05, 4.69) is 0 Å². The summed E-state index contributed by atoms with van der Waals surface area (Å²) in [6.07, 6.45) is 0.533. The number of carbonyl (C=O) groups excluding carboxylic acids is 2. The maximum Gasteiger partial charge on any atom is 0.265 e. The van der Waals surface area contributed by atoms with Crippen molar-refractivity contribution in [3.05, 3.63) is 65.0 Å². The highest BCUT2D eigenvalue weighted by Gasteiger charge is 2.10. The molecule has 5 nitrogen and oxygen atoms in total. The monoisotopic (exact) mass is 288 g/mol. The van der Waals surface area contributed by atoms with Gasteiger partial charge in [0.25, 0.3) is 5.91 Å². The number of hydrazine groups is 1. The van der Waals surface area contributed by atoms with Gasteiger partial charge in [-0.3, -0.25) is 15.0 Å². The Balaban J connectivity index is 2.19. The van der Waals surface area contributed by atoms with Crippen LogP contribution < -0.4 is 16.0 Å². The van der Waals surface area contributed by atoms with Crippen molar-refractivity contribution in [2.45, 2.75) is 6.61 Å². The molecule has 21 heavy (non-hydrogen) atoms. The Morgan fingerprint density at radius 1 is 1.29 bits per heavy atom. The number of ether oxygens (including phenoxy) is 1. The lowest BCUT2D eigenvalue weighted by atomic mass is 10.1. The number of nitrogens with one attached hydrogen (secondary N) is 1. The van der Waals surface area contributed by atoms with Crippen molar-refractivity contribution >= 4 is 12.2 Å². The molecule has 0 aromatic heterocycles. The molecule has 0 unspecified atom stereocenters. The summed E-state index contributed by atoms with van der Waals surface area (Å²) >= 11 is 0. The van der Waals surface area contributed by atoms with Crippen LogP contribution in [0.25, 0.3) is 0 Å². The van der Waals surface area contributed by atoms with E-state index in [9.17, 15) is 14.0 Å². The maximum atomic E-state index is 13.3. The molecule has 0 aliphatic rings. The highest BCUT2D eigenvalue weighted by molar-refractivity contribution is 5.95. The van der Waals surface area contributed by atoms with Crippen LogP contribution in [0.4, 0.5) is 4.39 Å². The van der Waals surface area contributed by atoms with Gasteiger partial charge in [-0.25, -0.2) is 10.2 Å². The third-order valence-electron chi connectivity index (χ3n) is 2.82. The second-order valence-electron chi connectivity index (χ2n) is 4.26. The van der Waals surface area contributed by atoms with Crippen LogP contribution in [0.3, 0.4) is 0 Å². The van der Waals surface area contributed by atoms with Gasteiger partial charge in [-0.2, -0.15) is 0 Å². The van der Waals surface area contributed by atoms with Crippen LogP contribution in [0.1, 0.15) is 26.3 Å². The van der Waals surface area contributed by atoms with Gasteiger partial charge in [0.15, 0.2) is 0 Å². The molecule has 0 heterocycles.